The van der Waals surface area contributed by atoms with Crippen LogP contribution in [0.3, 0.4) is 0 Å². The van der Waals surface area contributed by atoms with E-state index in [0.717, 1.165) is 12.0 Å². The van der Waals surface area contributed by atoms with Crippen LogP contribution in [0.1, 0.15) is 38.5 Å². The zero-order valence-electron chi connectivity index (χ0n) is 12.3. The third-order valence-electron chi connectivity index (χ3n) is 4.64. The summed E-state index contributed by atoms with van der Waals surface area (Å²) in [4.78, 5) is 5.02. The summed E-state index contributed by atoms with van der Waals surface area (Å²) in [5.41, 5.74) is 0. The van der Waals surface area contributed by atoms with Gasteiger partial charge in [0.25, 0.3) is 0 Å². The smallest absolute Gasteiger partial charge is 0.0124 e. The average molecular weight is 253 g/mol. The van der Waals surface area contributed by atoms with Crippen molar-refractivity contribution in [3.8, 4) is 0 Å². The second-order valence-corrected chi connectivity index (χ2v) is 6.34. The Morgan fingerprint density at radius 1 is 1.11 bits per heavy atom. The van der Waals surface area contributed by atoms with Crippen LogP contribution < -0.4 is 5.32 Å². The SMILES string of the molecule is CN(C)CCCNCCN1CCCC2CCCC21. The fourth-order valence-electron chi connectivity index (χ4n) is 3.70. The molecule has 2 atom stereocenters. The van der Waals surface area contributed by atoms with Gasteiger partial charge in [0.2, 0.25) is 0 Å². The monoisotopic (exact) mass is 253 g/mol. The zero-order chi connectivity index (χ0) is 12.8. The highest BCUT2D eigenvalue weighted by Crippen LogP contribution is 2.36. The van der Waals surface area contributed by atoms with Crippen LogP contribution in [0.2, 0.25) is 0 Å². The van der Waals surface area contributed by atoms with Crippen LogP contribution in [0.15, 0.2) is 0 Å². The van der Waals surface area contributed by atoms with Gasteiger partial charge in [-0.2, -0.15) is 0 Å². The van der Waals surface area contributed by atoms with E-state index in [-0.39, 0.29) is 0 Å². The Kier molecular flexibility index (Phi) is 5.93. The summed E-state index contributed by atoms with van der Waals surface area (Å²) < 4.78 is 0. The molecule has 106 valence electrons. The number of nitrogens with zero attached hydrogens (tertiary/aromatic N) is 2. The van der Waals surface area contributed by atoms with E-state index in [2.05, 4.69) is 29.2 Å². The molecule has 1 N–H and O–H groups in total. The third-order valence-corrected chi connectivity index (χ3v) is 4.64. The second kappa shape index (κ2) is 7.46. The molecule has 1 aliphatic carbocycles. The lowest BCUT2D eigenvalue weighted by molar-refractivity contribution is 0.114. The Balaban J connectivity index is 1.55. The highest BCUT2D eigenvalue weighted by atomic mass is 15.2. The van der Waals surface area contributed by atoms with Gasteiger partial charge in [-0.3, -0.25) is 4.90 Å². The van der Waals surface area contributed by atoms with E-state index in [4.69, 9.17) is 0 Å². The summed E-state index contributed by atoms with van der Waals surface area (Å²) in [6, 6.07) is 0.933. The number of nitrogens with one attached hydrogen (secondary N) is 1. The van der Waals surface area contributed by atoms with Crippen LogP contribution >= 0.6 is 0 Å². The van der Waals surface area contributed by atoms with Crippen molar-refractivity contribution < 1.29 is 0 Å². The van der Waals surface area contributed by atoms with Gasteiger partial charge >= 0.3 is 0 Å². The molecule has 1 saturated carbocycles. The molecule has 18 heavy (non-hydrogen) atoms. The minimum absolute atomic E-state index is 0.933. The predicted octanol–water partition coefficient (Wildman–Crippen LogP) is 1.79. The Morgan fingerprint density at radius 3 is 2.78 bits per heavy atom. The van der Waals surface area contributed by atoms with Crippen molar-refractivity contribution in [2.45, 2.75) is 44.6 Å². The van der Waals surface area contributed by atoms with Crippen LogP contribution in [0.5, 0.6) is 0 Å². The quantitative estimate of drug-likeness (QED) is 0.698. The van der Waals surface area contributed by atoms with Crippen molar-refractivity contribution >= 4 is 0 Å². The maximum absolute atomic E-state index is 3.60. The van der Waals surface area contributed by atoms with Crippen LogP contribution in [0.25, 0.3) is 0 Å². The minimum atomic E-state index is 0.933. The van der Waals surface area contributed by atoms with E-state index >= 15 is 0 Å². The van der Waals surface area contributed by atoms with E-state index in [1.54, 1.807) is 0 Å². The topological polar surface area (TPSA) is 18.5 Å². The van der Waals surface area contributed by atoms with E-state index in [1.807, 2.05) is 0 Å². The van der Waals surface area contributed by atoms with E-state index in [0.29, 0.717) is 0 Å². The van der Waals surface area contributed by atoms with Crippen LogP contribution in [-0.2, 0) is 0 Å². The Morgan fingerprint density at radius 2 is 1.94 bits per heavy atom. The number of likely N-dealkylation sites (tertiary alicyclic amines) is 1. The van der Waals surface area contributed by atoms with Crippen molar-refractivity contribution in [3.63, 3.8) is 0 Å². The molecule has 3 heteroatoms. The summed E-state index contributed by atoms with van der Waals surface area (Å²) in [6.07, 6.45) is 8.63. The first-order valence-corrected chi connectivity index (χ1v) is 7.87. The van der Waals surface area contributed by atoms with Gasteiger partial charge in [-0.15, -0.1) is 0 Å². The van der Waals surface area contributed by atoms with Crippen molar-refractivity contribution in [3.05, 3.63) is 0 Å². The Bertz CT molecular complexity index is 230. The standard InChI is InChI=1S/C15H31N3/c1-17(2)11-5-9-16-10-13-18-12-4-7-14-6-3-8-15(14)18/h14-16H,3-13H2,1-2H3. The first-order chi connectivity index (χ1) is 8.77. The second-order valence-electron chi connectivity index (χ2n) is 6.34. The number of hydrogen-bond donors (Lipinski definition) is 1. The molecule has 2 aliphatic rings. The van der Waals surface area contributed by atoms with Gasteiger partial charge in [0.15, 0.2) is 0 Å². The number of rotatable bonds is 7. The van der Waals surface area contributed by atoms with E-state index < -0.39 is 0 Å². The average Bonchev–Trinajstić information content (AvgIpc) is 2.82. The molecule has 3 nitrogen and oxygen atoms in total. The van der Waals surface area contributed by atoms with Crippen LogP contribution in [0.4, 0.5) is 0 Å². The van der Waals surface area contributed by atoms with Gasteiger partial charge in [-0.05, 0) is 71.8 Å². The predicted molar refractivity (Wildman–Crippen MR) is 78.0 cm³/mol. The van der Waals surface area contributed by atoms with Gasteiger partial charge in [0, 0.05) is 19.1 Å². The molecule has 0 bridgehead atoms. The molecular weight excluding hydrogens is 222 g/mol. The van der Waals surface area contributed by atoms with Crippen molar-refractivity contribution in [1.29, 1.82) is 0 Å². The third kappa shape index (κ3) is 4.22. The number of piperidine rings is 1. The lowest BCUT2D eigenvalue weighted by Crippen LogP contribution is -2.45. The number of hydrogen-bond acceptors (Lipinski definition) is 3. The lowest BCUT2D eigenvalue weighted by atomic mass is 9.92. The molecule has 0 aromatic carbocycles. The van der Waals surface area contributed by atoms with E-state index in [1.165, 1.54) is 71.2 Å². The largest absolute Gasteiger partial charge is 0.315 e. The van der Waals surface area contributed by atoms with Crippen LogP contribution in [0, 0.1) is 5.92 Å². The molecule has 0 amide bonds. The molecule has 1 heterocycles. The van der Waals surface area contributed by atoms with E-state index in [9.17, 15) is 0 Å². The molecule has 2 fully saturated rings. The first kappa shape index (κ1) is 14.3. The Hall–Kier alpha value is -0.120. The summed E-state index contributed by atoms with van der Waals surface area (Å²) in [5, 5.41) is 3.60. The molecule has 0 spiro atoms. The molecule has 0 aromatic rings. The molecule has 2 unspecified atom stereocenters. The molecule has 1 saturated heterocycles. The first-order valence-electron chi connectivity index (χ1n) is 7.87. The normalized spacial score (nSPS) is 28.8. The van der Waals surface area contributed by atoms with Gasteiger partial charge in [0.05, 0.1) is 0 Å². The van der Waals surface area contributed by atoms with Gasteiger partial charge in [-0.25, -0.2) is 0 Å². The lowest BCUT2D eigenvalue weighted by Gasteiger charge is -2.37. The summed E-state index contributed by atoms with van der Waals surface area (Å²) in [7, 11) is 4.29. The molecule has 0 aromatic heterocycles. The summed E-state index contributed by atoms with van der Waals surface area (Å²) >= 11 is 0. The number of fused-ring (bicyclic) bond motifs is 1. The minimum Gasteiger partial charge on any atom is -0.315 e. The summed E-state index contributed by atoms with van der Waals surface area (Å²) in [6.45, 7) is 6.15. The fraction of sp³-hybridized carbons (Fsp3) is 1.00. The fourth-order valence-corrected chi connectivity index (χ4v) is 3.70. The van der Waals surface area contributed by atoms with Gasteiger partial charge in [-0.1, -0.05) is 6.42 Å². The molecule has 1 aliphatic heterocycles. The summed E-state index contributed by atoms with van der Waals surface area (Å²) in [5.74, 6) is 1.03. The van der Waals surface area contributed by atoms with Crippen molar-refractivity contribution in [2.24, 2.45) is 5.92 Å². The van der Waals surface area contributed by atoms with Crippen LogP contribution in [-0.4, -0.2) is 62.7 Å². The molecule has 0 radical (unpaired) electrons. The Labute approximate surface area is 113 Å². The van der Waals surface area contributed by atoms with Crippen molar-refractivity contribution in [1.82, 2.24) is 15.1 Å². The molecular formula is C15H31N3. The zero-order valence-corrected chi connectivity index (χ0v) is 12.3. The maximum atomic E-state index is 3.60. The highest BCUT2D eigenvalue weighted by Gasteiger charge is 2.34. The van der Waals surface area contributed by atoms with Gasteiger partial charge in [0.1, 0.15) is 0 Å². The van der Waals surface area contributed by atoms with Gasteiger partial charge < -0.3 is 10.2 Å². The van der Waals surface area contributed by atoms with Crippen molar-refractivity contribution in [2.75, 3.05) is 46.8 Å². The maximum Gasteiger partial charge on any atom is 0.0124 e. The molecule has 2 rings (SSSR count). The highest BCUT2D eigenvalue weighted by molar-refractivity contribution is 4.89.